The Morgan fingerprint density at radius 2 is 1.87 bits per heavy atom. The molecule has 3 nitrogen and oxygen atoms in total. The van der Waals surface area contributed by atoms with Gasteiger partial charge < -0.3 is 10.2 Å². The first-order chi connectivity index (χ1) is 11.0. The number of carbonyl (C=O) groups excluding carboxylic acids is 1. The van der Waals surface area contributed by atoms with Crippen molar-refractivity contribution in [1.29, 1.82) is 0 Å². The quantitative estimate of drug-likeness (QED) is 0.751. The molecule has 0 spiro atoms. The molecule has 2 aromatic carbocycles. The molecule has 1 unspecified atom stereocenters. The molecule has 3 rings (SSSR count). The topological polar surface area (TPSA) is 32.3 Å². The predicted molar refractivity (Wildman–Crippen MR) is 95.2 cm³/mol. The molecule has 1 N–H and O–H groups in total. The molecule has 1 aliphatic heterocycles. The highest BCUT2D eigenvalue weighted by Crippen LogP contribution is 2.35. The van der Waals surface area contributed by atoms with E-state index in [1.165, 1.54) is 5.56 Å². The number of likely N-dealkylation sites (tertiary alicyclic amines) is 1. The summed E-state index contributed by atoms with van der Waals surface area (Å²) in [6.07, 6.45) is 0.971. The second kappa shape index (κ2) is 6.81. The minimum absolute atomic E-state index is 0.106. The zero-order valence-electron chi connectivity index (χ0n) is 12.8. The molecule has 5 heteroatoms. The van der Waals surface area contributed by atoms with E-state index in [0.717, 1.165) is 13.0 Å². The number of nitrogens with one attached hydrogen (secondary N) is 1. The zero-order chi connectivity index (χ0) is 16.4. The van der Waals surface area contributed by atoms with E-state index in [0.29, 0.717) is 21.7 Å². The molecular formula is C18H18Cl2N2O. The Morgan fingerprint density at radius 3 is 2.57 bits per heavy atom. The van der Waals surface area contributed by atoms with Crippen LogP contribution in [0.4, 0.5) is 10.5 Å². The third-order valence-corrected chi connectivity index (χ3v) is 4.87. The highest BCUT2D eigenvalue weighted by atomic mass is 35.5. The van der Waals surface area contributed by atoms with Crippen molar-refractivity contribution in [2.24, 2.45) is 5.92 Å². The van der Waals surface area contributed by atoms with E-state index >= 15 is 0 Å². The Kier molecular flexibility index (Phi) is 4.79. The molecule has 2 aromatic rings. The van der Waals surface area contributed by atoms with E-state index in [-0.39, 0.29) is 12.1 Å². The summed E-state index contributed by atoms with van der Waals surface area (Å²) in [7, 11) is 0. The van der Waals surface area contributed by atoms with Crippen LogP contribution in [0.2, 0.25) is 10.0 Å². The van der Waals surface area contributed by atoms with Gasteiger partial charge >= 0.3 is 6.03 Å². The largest absolute Gasteiger partial charge is 0.322 e. The summed E-state index contributed by atoms with van der Waals surface area (Å²) in [5.74, 6) is 0.472. The summed E-state index contributed by atoms with van der Waals surface area (Å²) in [6.45, 7) is 2.91. The van der Waals surface area contributed by atoms with Crippen LogP contribution in [0.25, 0.3) is 0 Å². The van der Waals surface area contributed by atoms with Crippen LogP contribution in [0.15, 0.2) is 48.5 Å². The standard InChI is InChI=1S/C18H18Cl2N2O/c1-12-9-17(13-5-3-2-4-6-13)22(11-12)18(23)21-14-7-8-15(19)16(20)10-14/h2-8,10,12,17H,9,11H2,1H3,(H,21,23)/t12?,17-/m0/s1. The lowest BCUT2D eigenvalue weighted by Crippen LogP contribution is -2.34. The van der Waals surface area contributed by atoms with Gasteiger partial charge in [-0.25, -0.2) is 4.79 Å². The van der Waals surface area contributed by atoms with Crippen LogP contribution in [0, 0.1) is 5.92 Å². The Hall–Kier alpha value is -1.71. The maximum Gasteiger partial charge on any atom is 0.322 e. The van der Waals surface area contributed by atoms with E-state index in [1.54, 1.807) is 18.2 Å². The summed E-state index contributed by atoms with van der Waals surface area (Å²) in [4.78, 5) is 14.6. The number of carbonyl (C=O) groups is 1. The summed E-state index contributed by atoms with van der Waals surface area (Å²) >= 11 is 11.9. The third kappa shape index (κ3) is 3.62. The Labute approximate surface area is 146 Å². The fraction of sp³-hybridized carbons (Fsp3) is 0.278. The molecule has 120 valence electrons. The minimum Gasteiger partial charge on any atom is -0.317 e. The number of hydrogen-bond acceptors (Lipinski definition) is 1. The van der Waals surface area contributed by atoms with Crippen molar-refractivity contribution in [1.82, 2.24) is 4.90 Å². The molecule has 1 heterocycles. The van der Waals surface area contributed by atoms with Crippen LogP contribution in [0.1, 0.15) is 24.9 Å². The van der Waals surface area contributed by atoms with Crippen molar-refractivity contribution in [3.8, 4) is 0 Å². The van der Waals surface area contributed by atoms with Gasteiger partial charge in [0.25, 0.3) is 0 Å². The zero-order valence-corrected chi connectivity index (χ0v) is 14.3. The molecule has 23 heavy (non-hydrogen) atoms. The van der Waals surface area contributed by atoms with E-state index in [1.807, 2.05) is 23.1 Å². The van der Waals surface area contributed by atoms with Crippen molar-refractivity contribution in [2.45, 2.75) is 19.4 Å². The summed E-state index contributed by atoms with van der Waals surface area (Å²) in [6, 6.07) is 15.2. The first-order valence-electron chi connectivity index (χ1n) is 7.62. The molecule has 0 aromatic heterocycles. The van der Waals surface area contributed by atoms with E-state index in [4.69, 9.17) is 23.2 Å². The van der Waals surface area contributed by atoms with Crippen LogP contribution >= 0.6 is 23.2 Å². The highest BCUT2D eigenvalue weighted by Gasteiger charge is 2.34. The van der Waals surface area contributed by atoms with Gasteiger partial charge in [-0.1, -0.05) is 60.5 Å². The Balaban J connectivity index is 1.78. The number of urea groups is 1. The fourth-order valence-corrected chi connectivity index (χ4v) is 3.33. The van der Waals surface area contributed by atoms with Crippen LogP contribution in [-0.4, -0.2) is 17.5 Å². The molecule has 0 bridgehead atoms. The number of nitrogens with zero attached hydrogens (tertiary/aromatic N) is 1. The van der Waals surface area contributed by atoms with E-state index in [9.17, 15) is 4.79 Å². The molecule has 1 fully saturated rings. The van der Waals surface area contributed by atoms with Crippen LogP contribution in [0.5, 0.6) is 0 Å². The lowest BCUT2D eigenvalue weighted by Gasteiger charge is -2.25. The normalized spacial score (nSPS) is 20.6. The average Bonchev–Trinajstić information content (AvgIpc) is 2.94. The Morgan fingerprint density at radius 1 is 1.13 bits per heavy atom. The van der Waals surface area contributed by atoms with Crippen LogP contribution in [0.3, 0.4) is 0 Å². The second-order valence-corrected chi connectivity index (χ2v) is 6.79. The van der Waals surface area contributed by atoms with Crippen molar-refractivity contribution < 1.29 is 4.79 Å². The molecule has 0 aliphatic carbocycles. The van der Waals surface area contributed by atoms with Gasteiger partial charge in [-0.05, 0) is 36.1 Å². The molecule has 1 aliphatic rings. The van der Waals surface area contributed by atoms with Crippen molar-refractivity contribution in [2.75, 3.05) is 11.9 Å². The Bertz CT molecular complexity index is 705. The number of hydrogen-bond donors (Lipinski definition) is 1. The minimum atomic E-state index is -0.110. The second-order valence-electron chi connectivity index (χ2n) is 5.98. The van der Waals surface area contributed by atoms with Gasteiger partial charge in [-0.15, -0.1) is 0 Å². The lowest BCUT2D eigenvalue weighted by atomic mass is 10.0. The monoisotopic (exact) mass is 348 g/mol. The number of benzene rings is 2. The third-order valence-electron chi connectivity index (χ3n) is 4.13. The van der Waals surface area contributed by atoms with E-state index < -0.39 is 0 Å². The number of amides is 2. The average molecular weight is 349 g/mol. The lowest BCUT2D eigenvalue weighted by molar-refractivity contribution is 0.206. The van der Waals surface area contributed by atoms with Gasteiger partial charge in [0.2, 0.25) is 0 Å². The molecule has 0 radical (unpaired) electrons. The van der Waals surface area contributed by atoms with Crippen molar-refractivity contribution in [3.63, 3.8) is 0 Å². The molecule has 2 atom stereocenters. The van der Waals surface area contributed by atoms with Gasteiger partial charge in [0.05, 0.1) is 16.1 Å². The first-order valence-corrected chi connectivity index (χ1v) is 8.38. The number of anilines is 1. The summed E-state index contributed by atoms with van der Waals surface area (Å²) in [5, 5.41) is 3.82. The van der Waals surface area contributed by atoms with Gasteiger partial charge in [0.1, 0.15) is 0 Å². The van der Waals surface area contributed by atoms with Gasteiger partial charge in [0.15, 0.2) is 0 Å². The van der Waals surface area contributed by atoms with Crippen LogP contribution < -0.4 is 5.32 Å². The fourth-order valence-electron chi connectivity index (χ4n) is 3.03. The number of rotatable bonds is 2. The SMILES string of the molecule is CC1C[C@@H](c2ccccc2)N(C(=O)Nc2ccc(Cl)c(Cl)c2)C1. The maximum atomic E-state index is 12.7. The van der Waals surface area contributed by atoms with Crippen LogP contribution in [-0.2, 0) is 0 Å². The maximum absolute atomic E-state index is 12.7. The van der Waals surface area contributed by atoms with Gasteiger partial charge in [-0.3, -0.25) is 0 Å². The highest BCUT2D eigenvalue weighted by molar-refractivity contribution is 6.42. The van der Waals surface area contributed by atoms with Crippen molar-refractivity contribution in [3.05, 3.63) is 64.1 Å². The van der Waals surface area contributed by atoms with Gasteiger partial charge in [0, 0.05) is 12.2 Å². The summed E-state index contributed by atoms with van der Waals surface area (Å²) < 4.78 is 0. The molecule has 1 saturated heterocycles. The van der Waals surface area contributed by atoms with E-state index in [2.05, 4.69) is 24.4 Å². The summed E-state index contributed by atoms with van der Waals surface area (Å²) in [5.41, 5.74) is 1.82. The predicted octanol–water partition coefficient (Wildman–Crippen LogP) is 5.61. The molecule has 0 saturated carbocycles. The van der Waals surface area contributed by atoms with Gasteiger partial charge in [-0.2, -0.15) is 0 Å². The van der Waals surface area contributed by atoms with Crippen molar-refractivity contribution >= 4 is 34.9 Å². The smallest absolute Gasteiger partial charge is 0.317 e. The first kappa shape index (κ1) is 16.2. The number of halogens is 2. The molecular weight excluding hydrogens is 331 g/mol. The molecule has 2 amide bonds.